The Hall–Kier alpha value is -2.69. The highest BCUT2D eigenvalue weighted by atomic mass is 16.6. The monoisotopic (exact) mass is 383 g/mol. The quantitative estimate of drug-likeness (QED) is 0.738. The number of aryl methyl sites for hydroxylation is 1. The molecule has 1 N–H and O–H groups in total. The molecule has 0 saturated carbocycles. The van der Waals surface area contributed by atoms with E-state index >= 15 is 0 Å². The third kappa shape index (κ3) is 4.97. The maximum absolute atomic E-state index is 12.7. The summed E-state index contributed by atoms with van der Waals surface area (Å²) in [5, 5.41) is 3.19. The molecule has 2 aromatic rings. The number of ether oxygens (including phenoxy) is 3. The van der Waals surface area contributed by atoms with Gasteiger partial charge in [0.25, 0.3) is 0 Å². The van der Waals surface area contributed by atoms with E-state index in [-0.39, 0.29) is 17.9 Å². The Kier molecular flexibility index (Phi) is 6.80. The largest absolute Gasteiger partial charge is 0.494 e. The molecule has 2 aromatic carbocycles. The van der Waals surface area contributed by atoms with Gasteiger partial charge in [-0.05, 0) is 48.6 Å². The molecule has 1 aliphatic rings. The molecule has 0 aromatic heterocycles. The van der Waals surface area contributed by atoms with Crippen molar-refractivity contribution >= 4 is 5.91 Å². The fraction of sp³-hybridized carbons (Fsp3) is 0.435. The van der Waals surface area contributed by atoms with Crippen LogP contribution in [0.4, 0.5) is 0 Å². The third-order valence-electron chi connectivity index (χ3n) is 4.80. The zero-order valence-corrected chi connectivity index (χ0v) is 16.9. The maximum atomic E-state index is 12.7. The molecule has 0 saturated heterocycles. The van der Waals surface area contributed by atoms with Crippen molar-refractivity contribution in [1.29, 1.82) is 0 Å². The van der Waals surface area contributed by atoms with Crippen LogP contribution in [0.2, 0.25) is 0 Å². The van der Waals surface area contributed by atoms with Crippen molar-refractivity contribution in [1.82, 2.24) is 5.32 Å². The Labute approximate surface area is 167 Å². The van der Waals surface area contributed by atoms with Gasteiger partial charge in [0.15, 0.2) is 11.5 Å². The van der Waals surface area contributed by atoms with Gasteiger partial charge in [-0.25, -0.2) is 0 Å². The Bertz CT molecular complexity index is 803. The normalized spacial score (nSPS) is 13.9. The van der Waals surface area contributed by atoms with E-state index in [2.05, 4.69) is 19.2 Å². The van der Waals surface area contributed by atoms with Gasteiger partial charge < -0.3 is 19.5 Å². The van der Waals surface area contributed by atoms with Gasteiger partial charge in [-0.3, -0.25) is 4.79 Å². The van der Waals surface area contributed by atoms with Crippen molar-refractivity contribution in [3.8, 4) is 17.2 Å². The number of fused-ring (bicyclic) bond motifs is 1. The van der Waals surface area contributed by atoms with Crippen LogP contribution in [0, 0.1) is 5.92 Å². The van der Waals surface area contributed by atoms with Crippen molar-refractivity contribution < 1.29 is 19.0 Å². The van der Waals surface area contributed by atoms with Crippen LogP contribution in [0.3, 0.4) is 0 Å². The van der Waals surface area contributed by atoms with Crippen LogP contribution in [0.15, 0.2) is 42.5 Å². The molecule has 28 heavy (non-hydrogen) atoms. The molecule has 1 heterocycles. The van der Waals surface area contributed by atoms with Crippen LogP contribution in [0.1, 0.15) is 44.4 Å². The Morgan fingerprint density at radius 2 is 1.86 bits per heavy atom. The van der Waals surface area contributed by atoms with Crippen LogP contribution in [-0.4, -0.2) is 25.7 Å². The molecule has 1 unspecified atom stereocenters. The van der Waals surface area contributed by atoms with Gasteiger partial charge in [-0.2, -0.15) is 0 Å². The van der Waals surface area contributed by atoms with E-state index in [0.29, 0.717) is 32.7 Å². The van der Waals surface area contributed by atoms with E-state index in [1.807, 2.05) is 49.4 Å². The summed E-state index contributed by atoms with van der Waals surface area (Å²) in [4.78, 5) is 12.7. The topological polar surface area (TPSA) is 56.8 Å². The molecule has 150 valence electrons. The first-order chi connectivity index (χ1) is 13.6. The smallest absolute Gasteiger partial charge is 0.220 e. The van der Waals surface area contributed by atoms with E-state index in [4.69, 9.17) is 14.2 Å². The molecule has 5 heteroatoms. The highest BCUT2D eigenvalue weighted by Crippen LogP contribution is 2.34. The van der Waals surface area contributed by atoms with Gasteiger partial charge in [0.1, 0.15) is 19.0 Å². The SMILES string of the molecule is CCOc1ccccc1CCC(=O)NC(c1ccc2c(c1)OCCO2)C(C)C. The number of benzene rings is 2. The lowest BCUT2D eigenvalue weighted by Crippen LogP contribution is -2.32. The Morgan fingerprint density at radius 3 is 2.61 bits per heavy atom. The first-order valence-electron chi connectivity index (χ1n) is 9.98. The minimum Gasteiger partial charge on any atom is -0.494 e. The average molecular weight is 383 g/mol. The van der Waals surface area contributed by atoms with Gasteiger partial charge in [0.05, 0.1) is 12.6 Å². The van der Waals surface area contributed by atoms with Crippen LogP contribution in [-0.2, 0) is 11.2 Å². The molecular formula is C23H29NO4. The van der Waals surface area contributed by atoms with Crippen LogP contribution >= 0.6 is 0 Å². The molecule has 0 bridgehead atoms. The Balaban J connectivity index is 1.65. The third-order valence-corrected chi connectivity index (χ3v) is 4.80. The van der Waals surface area contributed by atoms with E-state index in [1.165, 1.54) is 0 Å². The summed E-state index contributed by atoms with van der Waals surface area (Å²) in [6.45, 7) is 7.90. The summed E-state index contributed by atoms with van der Waals surface area (Å²) in [5.41, 5.74) is 2.09. The molecule has 1 aliphatic heterocycles. The molecule has 0 radical (unpaired) electrons. The van der Waals surface area contributed by atoms with E-state index in [9.17, 15) is 4.79 Å². The molecule has 1 amide bonds. The number of hydrogen-bond acceptors (Lipinski definition) is 4. The zero-order chi connectivity index (χ0) is 19.9. The van der Waals surface area contributed by atoms with Crippen LogP contribution < -0.4 is 19.5 Å². The van der Waals surface area contributed by atoms with Crippen molar-refractivity contribution in [3.63, 3.8) is 0 Å². The minimum atomic E-state index is -0.0783. The second kappa shape index (κ2) is 9.49. The lowest BCUT2D eigenvalue weighted by atomic mass is 9.95. The van der Waals surface area contributed by atoms with Gasteiger partial charge >= 0.3 is 0 Å². The zero-order valence-electron chi connectivity index (χ0n) is 16.9. The first kappa shape index (κ1) is 20.1. The molecular weight excluding hydrogens is 354 g/mol. The summed E-state index contributed by atoms with van der Waals surface area (Å²) in [6, 6.07) is 13.7. The number of carbonyl (C=O) groups is 1. The number of amides is 1. The van der Waals surface area contributed by atoms with Crippen LogP contribution in [0.25, 0.3) is 0 Å². The number of carbonyl (C=O) groups excluding carboxylic acids is 1. The summed E-state index contributed by atoms with van der Waals surface area (Å²) in [7, 11) is 0. The fourth-order valence-electron chi connectivity index (χ4n) is 3.39. The minimum absolute atomic E-state index is 0.0277. The van der Waals surface area contributed by atoms with Crippen molar-refractivity contribution in [2.24, 2.45) is 5.92 Å². The lowest BCUT2D eigenvalue weighted by molar-refractivity contribution is -0.122. The number of nitrogens with one attached hydrogen (secondary N) is 1. The second-order valence-corrected chi connectivity index (χ2v) is 7.23. The summed E-state index contributed by atoms with van der Waals surface area (Å²) in [5.74, 6) is 2.64. The van der Waals surface area contributed by atoms with Gasteiger partial charge in [0, 0.05) is 6.42 Å². The maximum Gasteiger partial charge on any atom is 0.220 e. The van der Waals surface area contributed by atoms with E-state index < -0.39 is 0 Å². The summed E-state index contributed by atoms with van der Waals surface area (Å²) >= 11 is 0. The molecule has 0 aliphatic carbocycles. The number of rotatable bonds is 8. The predicted octanol–water partition coefficient (Wildman–Crippen LogP) is 4.30. The van der Waals surface area contributed by atoms with Crippen LogP contribution in [0.5, 0.6) is 17.2 Å². The Morgan fingerprint density at radius 1 is 1.11 bits per heavy atom. The number of hydrogen-bond donors (Lipinski definition) is 1. The second-order valence-electron chi connectivity index (χ2n) is 7.23. The molecule has 3 rings (SSSR count). The standard InChI is InChI=1S/C23H29NO4/c1-4-26-19-8-6-5-7-17(19)10-12-22(25)24-23(16(2)3)18-9-11-20-21(15-18)28-14-13-27-20/h5-9,11,15-16,23H,4,10,12-14H2,1-3H3,(H,24,25). The predicted molar refractivity (Wildman–Crippen MR) is 109 cm³/mol. The summed E-state index contributed by atoms with van der Waals surface area (Å²) < 4.78 is 16.9. The average Bonchev–Trinajstić information content (AvgIpc) is 2.71. The lowest BCUT2D eigenvalue weighted by Gasteiger charge is -2.25. The molecule has 1 atom stereocenters. The molecule has 0 fully saturated rings. The van der Waals surface area contributed by atoms with Gasteiger partial charge in [0.2, 0.25) is 5.91 Å². The highest BCUT2D eigenvalue weighted by molar-refractivity contribution is 5.77. The summed E-state index contributed by atoms with van der Waals surface area (Å²) in [6.07, 6.45) is 1.06. The van der Waals surface area contributed by atoms with Crippen molar-refractivity contribution in [2.45, 2.75) is 39.7 Å². The molecule has 5 nitrogen and oxygen atoms in total. The van der Waals surface area contributed by atoms with E-state index in [0.717, 1.165) is 28.4 Å². The van der Waals surface area contributed by atoms with Crippen molar-refractivity contribution in [2.75, 3.05) is 19.8 Å². The highest BCUT2D eigenvalue weighted by Gasteiger charge is 2.21. The first-order valence-corrected chi connectivity index (χ1v) is 9.98. The fourth-order valence-corrected chi connectivity index (χ4v) is 3.39. The van der Waals surface area contributed by atoms with E-state index in [1.54, 1.807) is 0 Å². The van der Waals surface area contributed by atoms with Crippen molar-refractivity contribution in [3.05, 3.63) is 53.6 Å². The molecule has 0 spiro atoms. The number of para-hydroxylation sites is 1. The van der Waals surface area contributed by atoms with Gasteiger partial charge in [-0.1, -0.05) is 38.1 Å². The van der Waals surface area contributed by atoms with Gasteiger partial charge in [-0.15, -0.1) is 0 Å².